The lowest BCUT2D eigenvalue weighted by Crippen LogP contribution is -2.23. The van der Waals surface area contributed by atoms with Crippen LogP contribution in [0.25, 0.3) is 0 Å². The van der Waals surface area contributed by atoms with Gasteiger partial charge in [0.05, 0.1) is 17.1 Å². The molecule has 0 bridgehead atoms. The molecule has 102 valence electrons. The van der Waals surface area contributed by atoms with Gasteiger partial charge in [0.25, 0.3) is 0 Å². The lowest BCUT2D eigenvalue weighted by Gasteiger charge is -2.19. The second kappa shape index (κ2) is 7.03. The molecule has 2 aromatic rings. The number of hydrogen-bond acceptors (Lipinski definition) is 4. The summed E-state index contributed by atoms with van der Waals surface area (Å²) in [5.41, 5.74) is 1.16. The summed E-state index contributed by atoms with van der Waals surface area (Å²) < 4.78 is 6.57. The van der Waals surface area contributed by atoms with Gasteiger partial charge in [-0.3, -0.25) is 4.98 Å². The molecule has 2 rings (SSSR count). The first-order valence-corrected chi connectivity index (χ1v) is 7.81. The van der Waals surface area contributed by atoms with Crippen molar-refractivity contribution in [2.75, 3.05) is 13.7 Å². The molecule has 0 aromatic carbocycles. The normalized spacial score (nSPS) is 12.4. The van der Waals surface area contributed by atoms with Gasteiger partial charge in [0.2, 0.25) is 0 Å². The van der Waals surface area contributed by atoms with Crippen LogP contribution >= 0.6 is 27.3 Å². The van der Waals surface area contributed by atoms with E-state index in [-0.39, 0.29) is 6.04 Å². The van der Waals surface area contributed by atoms with E-state index in [4.69, 9.17) is 4.74 Å². The molecule has 2 aromatic heterocycles. The highest BCUT2D eigenvalue weighted by molar-refractivity contribution is 9.11. The van der Waals surface area contributed by atoms with Gasteiger partial charge in [-0.05, 0) is 40.7 Å². The average Bonchev–Trinajstić information content (AvgIpc) is 2.84. The van der Waals surface area contributed by atoms with Gasteiger partial charge < -0.3 is 10.1 Å². The number of methoxy groups -OCH3 is 1. The smallest absolute Gasteiger partial charge is 0.141 e. The molecule has 0 aliphatic carbocycles. The van der Waals surface area contributed by atoms with Gasteiger partial charge in [-0.1, -0.05) is 6.92 Å². The molecule has 0 amide bonds. The van der Waals surface area contributed by atoms with Crippen LogP contribution in [-0.4, -0.2) is 18.6 Å². The zero-order valence-electron chi connectivity index (χ0n) is 11.0. The Hall–Kier alpha value is -0.910. The van der Waals surface area contributed by atoms with Crippen molar-refractivity contribution < 1.29 is 4.74 Å². The van der Waals surface area contributed by atoms with E-state index in [2.05, 4.69) is 45.3 Å². The van der Waals surface area contributed by atoms with Crippen LogP contribution in [-0.2, 0) is 6.42 Å². The van der Waals surface area contributed by atoms with E-state index in [0.717, 1.165) is 24.3 Å². The van der Waals surface area contributed by atoms with Gasteiger partial charge >= 0.3 is 0 Å². The zero-order valence-corrected chi connectivity index (χ0v) is 13.4. The number of rotatable bonds is 6. The minimum Gasteiger partial charge on any atom is -0.495 e. The summed E-state index contributed by atoms with van der Waals surface area (Å²) in [6, 6.07) is 6.52. The fraction of sp³-hybridized carbons (Fsp3) is 0.357. The Kier molecular flexibility index (Phi) is 5.36. The minimum absolute atomic E-state index is 0.244. The van der Waals surface area contributed by atoms with Crippen molar-refractivity contribution in [1.29, 1.82) is 0 Å². The van der Waals surface area contributed by atoms with Crippen LogP contribution in [0.3, 0.4) is 0 Å². The fourth-order valence-electron chi connectivity index (χ4n) is 2.05. The van der Waals surface area contributed by atoms with Crippen molar-refractivity contribution in [2.24, 2.45) is 0 Å². The Morgan fingerprint density at radius 2 is 2.26 bits per heavy atom. The average molecular weight is 341 g/mol. The third-order valence-corrected chi connectivity index (χ3v) is 4.54. The number of pyridine rings is 1. The van der Waals surface area contributed by atoms with Gasteiger partial charge in [0.1, 0.15) is 5.75 Å². The zero-order chi connectivity index (χ0) is 13.7. The Bertz CT molecular complexity index is 530. The quantitative estimate of drug-likeness (QED) is 0.868. The molecule has 0 fully saturated rings. The van der Waals surface area contributed by atoms with Crippen LogP contribution in [0, 0.1) is 0 Å². The van der Waals surface area contributed by atoms with E-state index < -0.39 is 0 Å². The third kappa shape index (κ3) is 3.78. The molecule has 0 spiro atoms. The number of nitrogens with one attached hydrogen (secondary N) is 1. The largest absolute Gasteiger partial charge is 0.495 e. The highest BCUT2D eigenvalue weighted by Crippen LogP contribution is 2.30. The summed E-state index contributed by atoms with van der Waals surface area (Å²) in [4.78, 5) is 5.46. The summed E-state index contributed by atoms with van der Waals surface area (Å²) in [7, 11) is 1.69. The SMILES string of the molecule is CCNC(Cc1ccc(Br)s1)c1ccncc1OC. The van der Waals surface area contributed by atoms with Crippen LogP contribution in [0.4, 0.5) is 0 Å². The molecule has 2 heterocycles. The third-order valence-electron chi connectivity index (χ3n) is 2.90. The van der Waals surface area contributed by atoms with Gasteiger partial charge in [0, 0.05) is 29.1 Å². The number of hydrogen-bond donors (Lipinski definition) is 1. The van der Waals surface area contributed by atoms with E-state index in [1.165, 1.54) is 8.66 Å². The number of ether oxygens (including phenoxy) is 1. The van der Waals surface area contributed by atoms with Crippen LogP contribution in [0.5, 0.6) is 5.75 Å². The minimum atomic E-state index is 0.244. The van der Waals surface area contributed by atoms with Crippen molar-refractivity contribution in [3.8, 4) is 5.75 Å². The topological polar surface area (TPSA) is 34.2 Å². The molecule has 0 saturated carbocycles. The maximum absolute atomic E-state index is 5.41. The predicted molar refractivity (Wildman–Crippen MR) is 82.9 cm³/mol. The van der Waals surface area contributed by atoms with Crippen LogP contribution in [0.15, 0.2) is 34.4 Å². The number of nitrogens with zero attached hydrogens (tertiary/aromatic N) is 1. The maximum Gasteiger partial charge on any atom is 0.141 e. The molecule has 0 radical (unpaired) electrons. The second-order valence-electron chi connectivity index (χ2n) is 4.14. The summed E-state index contributed by atoms with van der Waals surface area (Å²) in [5.74, 6) is 0.837. The molecule has 1 unspecified atom stereocenters. The van der Waals surface area contributed by atoms with Gasteiger partial charge in [-0.15, -0.1) is 11.3 Å². The highest BCUT2D eigenvalue weighted by Gasteiger charge is 2.16. The molecule has 3 nitrogen and oxygen atoms in total. The van der Waals surface area contributed by atoms with E-state index >= 15 is 0 Å². The molecule has 0 aliphatic heterocycles. The second-order valence-corrected chi connectivity index (χ2v) is 6.69. The Labute approximate surface area is 126 Å². The van der Waals surface area contributed by atoms with Crippen molar-refractivity contribution in [3.05, 3.63) is 44.8 Å². The Morgan fingerprint density at radius 1 is 1.42 bits per heavy atom. The molecule has 1 atom stereocenters. The first-order chi connectivity index (χ1) is 9.24. The standard InChI is InChI=1S/C14H17BrN2OS/c1-3-17-12(8-10-4-5-14(15)19-10)11-6-7-16-9-13(11)18-2/h4-7,9,12,17H,3,8H2,1-2H3. The lowest BCUT2D eigenvalue weighted by atomic mass is 10.0. The first kappa shape index (κ1) is 14.5. The van der Waals surface area contributed by atoms with E-state index in [1.807, 2.05) is 12.3 Å². The van der Waals surface area contributed by atoms with Crippen LogP contribution in [0.1, 0.15) is 23.4 Å². The van der Waals surface area contributed by atoms with Gasteiger partial charge in [0.15, 0.2) is 0 Å². The molecule has 1 N–H and O–H groups in total. The van der Waals surface area contributed by atoms with Crippen molar-refractivity contribution in [1.82, 2.24) is 10.3 Å². The van der Waals surface area contributed by atoms with Gasteiger partial charge in [-0.25, -0.2) is 0 Å². The van der Waals surface area contributed by atoms with Crippen LogP contribution < -0.4 is 10.1 Å². The number of thiophene rings is 1. The number of likely N-dealkylation sites (N-methyl/N-ethyl adjacent to an activating group) is 1. The molecule has 19 heavy (non-hydrogen) atoms. The fourth-order valence-corrected chi connectivity index (χ4v) is 3.58. The van der Waals surface area contributed by atoms with Crippen molar-refractivity contribution >= 4 is 27.3 Å². The molecule has 0 saturated heterocycles. The predicted octanol–water partition coefficient (Wildman–Crippen LogP) is 3.81. The molecule has 5 heteroatoms. The molecule has 0 aliphatic rings. The Balaban J connectivity index is 2.23. The lowest BCUT2D eigenvalue weighted by molar-refractivity contribution is 0.397. The summed E-state index contributed by atoms with van der Waals surface area (Å²) in [5, 5.41) is 3.51. The van der Waals surface area contributed by atoms with Crippen molar-refractivity contribution in [2.45, 2.75) is 19.4 Å². The monoisotopic (exact) mass is 340 g/mol. The number of halogens is 1. The van der Waals surface area contributed by atoms with Crippen molar-refractivity contribution in [3.63, 3.8) is 0 Å². The molecular formula is C14H17BrN2OS. The van der Waals surface area contributed by atoms with Crippen LogP contribution in [0.2, 0.25) is 0 Å². The summed E-state index contributed by atoms with van der Waals surface area (Å²) in [6.07, 6.45) is 4.53. The first-order valence-electron chi connectivity index (χ1n) is 6.20. The number of aromatic nitrogens is 1. The Morgan fingerprint density at radius 3 is 2.89 bits per heavy atom. The van der Waals surface area contributed by atoms with E-state index in [9.17, 15) is 0 Å². The summed E-state index contributed by atoms with van der Waals surface area (Å²) in [6.45, 7) is 3.04. The summed E-state index contributed by atoms with van der Waals surface area (Å²) >= 11 is 5.28. The highest BCUT2D eigenvalue weighted by atomic mass is 79.9. The maximum atomic E-state index is 5.41. The van der Waals surface area contributed by atoms with Gasteiger partial charge in [-0.2, -0.15) is 0 Å². The molecular weight excluding hydrogens is 324 g/mol. The van der Waals surface area contributed by atoms with E-state index in [0.29, 0.717) is 0 Å². The van der Waals surface area contributed by atoms with E-state index in [1.54, 1.807) is 24.6 Å².